The Morgan fingerprint density at radius 2 is 2.00 bits per heavy atom. The van der Waals surface area contributed by atoms with E-state index < -0.39 is 0 Å². The summed E-state index contributed by atoms with van der Waals surface area (Å²) in [5, 5.41) is 0. The van der Waals surface area contributed by atoms with Gasteiger partial charge in [0, 0.05) is 10.7 Å². The average molecular weight is 365 g/mol. The minimum Gasteiger partial charge on any atom is -0.307 e. The first-order chi connectivity index (χ1) is 10.2. The van der Waals surface area contributed by atoms with Crippen LogP contribution < -0.4 is 0 Å². The van der Waals surface area contributed by atoms with Crippen LogP contribution in [0.3, 0.4) is 0 Å². The number of benzene rings is 1. The van der Waals surface area contributed by atoms with Gasteiger partial charge in [-0.25, -0.2) is 9.97 Å². The van der Waals surface area contributed by atoms with Crippen molar-refractivity contribution in [3.05, 3.63) is 58.0 Å². The smallest absolute Gasteiger partial charge is 0.160 e. The summed E-state index contributed by atoms with van der Waals surface area (Å²) in [5.41, 5.74) is 4.38. The van der Waals surface area contributed by atoms with Crippen molar-refractivity contribution >= 4 is 38.7 Å². The van der Waals surface area contributed by atoms with Crippen molar-refractivity contribution in [3.8, 4) is 0 Å². The van der Waals surface area contributed by atoms with Crippen LogP contribution in [0, 0.1) is 0 Å². The van der Waals surface area contributed by atoms with Crippen molar-refractivity contribution in [2.45, 2.75) is 25.8 Å². The van der Waals surface area contributed by atoms with Gasteiger partial charge in [-0.3, -0.25) is 0 Å². The minimum absolute atomic E-state index is 0.377. The molecule has 0 spiro atoms. The molecule has 108 valence electrons. The topological polar surface area (TPSA) is 30.7 Å². The molecule has 3 nitrogen and oxygen atoms in total. The number of pyridine rings is 1. The van der Waals surface area contributed by atoms with Crippen LogP contribution >= 0.6 is 27.5 Å². The van der Waals surface area contributed by atoms with Gasteiger partial charge in [0.15, 0.2) is 5.65 Å². The molecule has 3 rings (SSSR count). The first-order valence-corrected chi connectivity index (χ1v) is 8.19. The standard InChI is InChI=1S/C16H15BrClN3/c1-2-11-5-3-4-6-12(11)10-21-15(8-18)20-14-7-13(17)9-19-16(14)21/h3-7,9H,2,8,10H2,1H3. The Kier molecular flexibility index (Phi) is 4.27. The lowest BCUT2D eigenvalue weighted by molar-refractivity contribution is 0.762. The lowest BCUT2D eigenvalue weighted by Gasteiger charge is -2.11. The molecule has 0 saturated carbocycles. The summed E-state index contributed by atoms with van der Waals surface area (Å²) in [7, 11) is 0. The number of aryl methyl sites for hydroxylation is 1. The van der Waals surface area contributed by atoms with E-state index in [-0.39, 0.29) is 0 Å². The fraction of sp³-hybridized carbons (Fsp3) is 0.250. The second-order valence-electron chi connectivity index (χ2n) is 4.87. The highest BCUT2D eigenvalue weighted by Gasteiger charge is 2.13. The van der Waals surface area contributed by atoms with Crippen LogP contribution in [-0.2, 0) is 18.8 Å². The highest BCUT2D eigenvalue weighted by atomic mass is 79.9. The Morgan fingerprint density at radius 3 is 2.71 bits per heavy atom. The van der Waals surface area contributed by atoms with E-state index in [1.807, 2.05) is 6.07 Å². The number of halogens is 2. The van der Waals surface area contributed by atoms with Gasteiger partial charge in [0.25, 0.3) is 0 Å². The molecule has 0 aliphatic heterocycles. The van der Waals surface area contributed by atoms with E-state index in [1.54, 1.807) is 6.20 Å². The maximum absolute atomic E-state index is 6.06. The predicted octanol–water partition coefficient (Wildman–Crippen LogP) is 4.54. The Balaban J connectivity index is 2.11. The molecular weight excluding hydrogens is 350 g/mol. The molecular formula is C16H15BrClN3. The Labute approximate surface area is 137 Å². The van der Waals surface area contributed by atoms with Crippen molar-refractivity contribution in [1.29, 1.82) is 0 Å². The van der Waals surface area contributed by atoms with Gasteiger partial charge in [-0.05, 0) is 39.5 Å². The lowest BCUT2D eigenvalue weighted by Crippen LogP contribution is -2.06. The first-order valence-electron chi connectivity index (χ1n) is 6.86. The van der Waals surface area contributed by atoms with E-state index in [4.69, 9.17) is 11.6 Å². The third kappa shape index (κ3) is 2.83. The average Bonchev–Trinajstić information content (AvgIpc) is 2.84. The molecule has 3 aromatic rings. The second-order valence-corrected chi connectivity index (χ2v) is 6.05. The third-order valence-corrected chi connectivity index (χ3v) is 4.25. The zero-order chi connectivity index (χ0) is 14.8. The lowest BCUT2D eigenvalue weighted by atomic mass is 10.1. The fourth-order valence-corrected chi connectivity index (χ4v) is 3.05. The van der Waals surface area contributed by atoms with Crippen molar-refractivity contribution < 1.29 is 0 Å². The van der Waals surface area contributed by atoms with E-state index in [0.29, 0.717) is 5.88 Å². The van der Waals surface area contributed by atoms with Gasteiger partial charge < -0.3 is 4.57 Å². The zero-order valence-corrected chi connectivity index (χ0v) is 14.0. The van der Waals surface area contributed by atoms with Gasteiger partial charge in [-0.2, -0.15) is 0 Å². The summed E-state index contributed by atoms with van der Waals surface area (Å²) in [6, 6.07) is 10.4. The Hall–Kier alpha value is -1.39. The molecule has 0 unspecified atom stereocenters. The van der Waals surface area contributed by atoms with Crippen molar-refractivity contribution in [1.82, 2.24) is 14.5 Å². The van der Waals surface area contributed by atoms with Crippen molar-refractivity contribution in [3.63, 3.8) is 0 Å². The molecule has 0 radical (unpaired) electrons. The maximum Gasteiger partial charge on any atom is 0.160 e. The van der Waals surface area contributed by atoms with E-state index in [9.17, 15) is 0 Å². The second kappa shape index (κ2) is 6.16. The predicted molar refractivity (Wildman–Crippen MR) is 89.7 cm³/mol. The fourth-order valence-electron chi connectivity index (χ4n) is 2.53. The molecule has 0 N–H and O–H groups in total. The van der Waals surface area contributed by atoms with Crippen molar-refractivity contribution in [2.75, 3.05) is 0 Å². The molecule has 2 heterocycles. The SMILES string of the molecule is CCc1ccccc1Cn1c(CCl)nc2cc(Br)cnc21. The quantitative estimate of drug-likeness (QED) is 0.636. The molecule has 2 aromatic heterocycles. The molecule has 0 aliphatic rings. The normalized spacial score (nSPS) is 11.2. The maximum atomic E-state index is 6.06. The molecule has 0 amide bonds. The highest BCUT2D eigenvalue weighted by molar-refractivity contribution is 9.10. The van der Waals surface area contributed by atoms with Crippen LogP contribution in [0.2, 0.25) is 0 Å². The number of rotatable bonds is 4. The number of nitrogens with zero attached hydrogens (tertiary/aromatic N) is 3. The number of fused-ring (bicyclic) bond motifs is 1. The molecule has 0 atom stereocenters. The summed E-state index contributed by atoms with van der Waals surface area (Å²) in [6.45, 7) is 2.92. The first kappa shape index (κ1) is 14.5. The van der Waals surface area contributed by atoms with Crippen LogP contribution in [0.5, 0.6) is 0 Å². The van der Waals surface area contributed by atoms with E-state index in [1.165, 1.54) is 11.1 Å². The third-order valence-electron chi connectivity index (χ3n) is 3.58. The van der Waals surface area contributed by atoms with Crippen LogP contribution in [0.25, 0.3) is 11.2 Å². The molecule has 5 heteroatoms. The highest BCUT2D eigenvalue weighted by Crippen LogP contribution is 2.22. The minimum atomic E-state index is 0.377. The van der Waals surface area contributed by atoms with Crippen LogP contribution in [0.15, 0.2) is 41.0 Å². The summed E-state index contributed by atoms with van der Waals surface area (Å²) in [4.78, 5) is 9.08. The number of alkyl halides is 1. The van der Waals surface area contributed by atoms with Gasteiger partial charge >= 0.3 is 0 Å². The summed E-state index contributed by atoms with van der Waals surface area (Å²) in [5.74, 6) is 1.23. The Morgan fingerprint density at radius 1 is 1.24 bits per heavy atom. The van der Waals surface area contributed by atoms with Gasteiger partial charge in [0.1, 0.15) is 11.3 Å². The zero-order valence-electron chi connectivity index (χ0n) is 11.7. The number of hydrogen-bond donors (Lipinski definition) is 0. The van der Waals surface area contributed by atoms with Crippen molar-refractivity contribution in [2.24, 2.45) is 0 Å². The van der Waals surface area contributed by atoms with E-state index >= 15 is 0 Å². The van der Waals surface area contributed by atoms with E-state index in [2.05, 4.69) is 61.7 Å². The Bertz CT molecular complexity index is 782. The molecule has 1 aromatic carbocycles. The largest absolute Gasteiger partial charge is 0.307 e. The van der Waals surface area contributed by atoms with Crippen LogP contribution in [-0.4, -0.2) is 14.5 Å². The van der Waals surface area contributed by atoms with Gasteiger partial charge in [-0.15, -0.1) is 11.6 Å². The number of aromatic nitrogens is 3. The molecule has 0 fully saturated rings. The molecule has 21 heavy (non-hydrogen) atoms. The summed E-state index contributed by atoms with van der Waals surface area (Å²) >= 11 is 9.49. The van der Waals surface area contributed by atoms with Gasteiger partial charge in [-0.1, -0.05) is 31.2 Å². The number of hydrogen-bond acceptors (Lipinski definition) is 2. The molecule has 0 saturated heterocycles. The van der Waals surface area contributed by atoms with Crippen LogP contribution in [0.4, 0.5) is 0 Å². The number of imidazole rings is 1. The monoisotopic (exact) mass is 363 g/mol. The van der Waals surface area contributed by atoms with Gasteiger partial charge in [0.05, 0.1) is 12.4 Å². The molecule has 0 bridgehead atoms. The summed E-state index contributed by atoms with van der Waals surface area (Å²) in [6.07, 6.45) is 2.81. The van der Waals surface area contributed by atoms with E-state index in [0.717, 1.165) is 34.4 Å². The van der Waals surface area contributed by atoms with Crippen LogP contribution in [0.1, 0.15) is 23.9 Å². The van der Waals surface area contributed by atoms with Gasteiger partial charge in [0.2, 0.25) is 0 Å². The summed E-state index contributed by atoms with van der Waals surface area (Å²) < 4.78 is 3.03. The molecule has 0 aliphatic carbocycles.